The molecular weight excluding hydrogens is 262 g/mol. The van der Waals surface area contributed by atoms with Gasteiger partial charge in [-0.05, 0) is 68.8 Å². The van der Waals surface area contributed by atoms with Gasteiger partial charge in [0.2, 0.25) is 5.91 Å². The average molecular weight is 287 g/mol. The van der Waals surface area contributed by atoms with Crippen LogP contribution in [0.25, 0.3) is 0 Å². The third-order valence-electron chi connectivity index (χ3n) is 4.79. The zero-order valence-electron chi connectivity index (χ0n) is 12.7. The highest BCUT2D eigenvalue weighted by atomic mass is 16.1. The quantitative estimate of drug-likeness (QED) is 0.730. The van der Waals surface area contributed by atoms with Crippen LogP contribution in [0.4, 0.5) is 5.69 Å². The van der Waals surface area contributed by atoms with Gasteiger partial charge in [-0.2, -0.15) is 0 Å². The molecule has 1 unspecified atom stereocenters. The second-order valence-electron chi connectivity index (χ2n) is 6.49. The highest BCUT2D eigenvalue weighted by molar-refractivity contribution is 5.79. The van der Waals surface area contributed by atoms with E-state index in [1.807, 2.05) is 6.07 Å². The first-order chi connectivity index (χ1) is 10.1. The van der Waals surface area contributed by atoms with Crippen LogP contribution in [0.3, 0.4) is 0 Å². The van der Waals surface area contributed by atoms with Crippen LogP contribution >= 0.6 is 0 Å². The van der Waals surface area contributed by atoms with Crippen LogP contribution in [-0.4, -0.2) is 18.5 Å². The summed E-state index contributed by atoms with van der Waals surface area (Å²) in [5, 5.41) is 6.68. The van der Waals surface area contributed by atoms with Crippen molar-refractivity contribution in [2.45, 2.75) is 51.1 Å². The summed E-state index contributed by atoms with van der Waals surface area (Å²) in [4.78, 5) is 12.5. The smallest absolute Gasteiger partial charge is 0.223 e. The molecule has 4 N–H and O–H groups in total. The van der Waals surface area contributed by atoms with Gasteiger partial charge in [0.15, 0.2) is 0 Å². The Morgan fingerprint density at radius 2 is 2.24 bits per heavy atom. The van der Waals surface area contributed by atoms with Gasteiger partial charge in [-0.25, -0.2) is 0 Å². The number of benzene rings is 1. The Bertz CT molecular complexity index is 529. The van der Waals surface area contributed by atoms with Crippen LogP contribution < -0.4 is 16.4 Å². The van der Waals surface area contributed by atoms with Crippen molar-refractivity contribution in [1.29, 1.82) is 0 Å². The van der Waals surface area contributed by atoms with E-state index < -0.39 is 0 Å². The first kappa shape index (κ1) is 14.4. The molecule has 0 saturated carbocycles. The van der Waals surface area contributed by atoms with E-state index in [1.165, 1.54) is 11.1 Å². The Labute approximate surface area is 126 Å². The van der Waals surface area contributed by atoms with Crippen molar-refractivity contribution >= 4 is 11.6 Å². The van der Waals surface area contributed by atoms with Gasteiger partial charge < -0.3 is 16.4 Å². The number of carbonyl (C=O) groups is 1. The Morgan fingerprint density at radius 3 is 3.05 bits per heavy atom. The van der Waals surface area contributed by atoms with Gasteiger partial charge in [-0.15, -0.1) is 0 Å². The van der Waals surface area contributed by atoms with Crippen LogP contribution in [0.1, 0.15) is 49.8 Å². The number of aryl methyl sites for hydroxylation is 1. The van der Waals surface area contributed by atoms with Gasteiger partial charge in [0, 0.05) is 17.6 Å². The number of rotatable bonds is 2. The van der Waals surface area contributed by atoms with E-state index in [0.717, 1.165) is 44.3 Å². The molecule has 21 heavy (non-hydrogen) atoms. The first-order valence-electron chi connectivity index (χ1n) is 8.05. The summed E-state index contributed by atoms with van der Waals surface area (Å²) in [6.45, 7) is 3.09. The molecule has 1 saturated heterocycles. The van der Waals surface area contributed by atoms with E-state index >= 15 is 0 Å². The molecule has 1 fully saturated rings. The molecular formula is C17H25N3O. The normalized spacial score (nSPS) is 28.7. The van der Waals surface area contributed by atoms with E-state index in [0.29, 0.717) is 6.04 Å². The molecule has 3 atom stereocenters. The number of hydrogen-bond donors (Lipinski definition) is 3. The monoisotopic (exact) mass is 287 g/mol. The van der Waals surface area contributed by atoms with Gasteiger partial charge in [-0.3, -0.25) is 4.79 Å². The SMILES string of the molecule is C[C@H]1C[C@@H](C(=O)NC2CCCc3cc(N)ccc32)CCN1. The first-order valence-corrected chi connectivity index (χ1v) is 8.05. The third-order valence-corrected chi connectivity index (χ3v) is 4.79. The Balaban J connectivity index is 1.70. The molecule has 4 heteroatoms. The zero-order chi connectivity index (χ0) is 14.8. The molecule has 1 aliphatic heterocycles. The van der Waals surface area contributed by atoms with Gasteiger partial charge in [-0.1, -0.05) is 6.07 Å². The molecule has 1 heterocycles. The molecule has 2 aliphatic rings. The van der Waals surface area contributed by atoms with E-state index in [2.05, 4.69) is 29.7 Å². The minimum atomic E-state index is 0.153. The maximum atomic E-state index is 12.5. The van der Waals surface area contributed by atoms with Gasteiger partial charge >= 0.3 is 0 Å². The summed E-state index contributed by atoms with van der Waals surface area (Å²) in [6.07, 6.45) is 5.09. The maximum Gasteiger partial charge on any atom is 0.223 e. The van der Waals surface area contributed by atoms with Crippen molar-refractivity contribution in [3.63, 3.8) is 0 Å². The number of nitrogen functional groups attached to an aromatic ring is 1. The standard InChI is InChI=1S/C17H25N3O/c1-11-9-13(7-8-19-11)17(21)20-16-4-2-3-12-10-14(18)5-6-15(12)16/h5-6,10-11,13,16,19H,2-4,7-9,18H2,1H3,(H,20,21)/t11-,13-,16?/m0/s1. The van der Waals surface area contributed by atoms with E-state index in [-0.39, 0.29) is 17.9 Å². The van der Waals surface area contributed by atoms with Crippen LogP contribution in [-0.2, 0) is 11.2 Å². The van der Waals surface area contributed by atoms with Crippen LogP contribution in [0.5, 0.6) is 0 Å². The van der Waals surface area contributed by atoms with Gasteiger partial charge in [0.25, 0.3) is 0 Å². The average Bonchev–Trinajstić information content (AvgIpc) is 2.47. The minimum absolute atomic E-state index is 0.153. The summed E-state index contributed by atoms with van der Waals surface area (Å²) in [6, 6.07) is 6.68. The van der Waals surface area contributed by atoms with Crippen LogP contribution in [0.15, 0.2) is 18.2 Å². The van der Waals surface area contributed by atoms with Crippen molar-refractivity contribution in [1.82, 2.24) is 10.6 Å². The van der Waals surface area contributed by atoms with Crippen LogP contribution in [0.2, 0.25) is 0 Å². The summed E-state index contributed by atoms with van der Waals surface area (Å²) in [5.74, 6) is 0.374. The number of carbonyl (C=O) groups excluding carboxylic acids is 1. The van der Waals surface area contributed by atoms with E-state index in [1.54, 1.807) is 0 Å². The number of hydrogen-bond acceptors (Lipinski definition) is 3. The highest BCUT2D eigenvalue weighted by Gasteiger charge is 2.28. The lowest BCUT2D eigenvalue weighted by Crippen LogP contribution is -2.43. The number of piperidine rings is 1. The summed E-state index contributed by atoms with van der Waals surface area (Å²) < 4.78 is 0. The van der Waals surface area contributed by atoms with Crippen molar-refractivity contribution < 1.29 is 4.79 Å². The lowest BCUT2D eigenvalue weighted by molar-refractivity contribution is -0.127. The highest BCUT2D eigenvalue weighted by Crippen LogP contribution is 2.31. The second kappa shape index (κ2) is 6.06. The minimum Gasteiger partial charge on any atom is -0.399 e. The number of anilines is 1. The second-order valence-corrected chi connectivity index (χ2v) is 6.49. The molecule has 114 valence electrons. The largest absolute Gasteiger partial charge is 0.399 e. The molecule has 4 nitrogen and oxygen atoms in total. The van der Waals surface area contributed by atoms with Gasteiger partial charge in [0.05, 0.1) is 6.04 Å². The van der Waals surface area contributed by atoms with Crippen molar-refractivity contribution in [2.24, 2.45) is 5.92 Å². The van der Waals surface area contributed by atoms with Crippen molar-refractivity contribution in [2.75, 3.05) is 12.3 Å². The van der Waals surface area contributed by atoms with E-state index in [4.69, 9.17) is 5.73 Å². The molecule has 0 radical (unpaired) electrons. The van der Waals surface area contributed by atoms with E-state index in [9.17, 15) is 4.79 Å². The predicted octanol–water partition coefficient (Wildman–Crippen LogP) is 2.15. The summed E-state index contributed by atoms with van der Waals surface area (Å²) in [7, 11) is 0. The Kier molecular flexibility index (Phi) is 4.15. The number of nitrogens with one attached hydrogen (secondary N) is 2. The molecule has 1 amide bonds. The molecule has 1 aromatic carbocycles. The molecule has 0 spiro atoms. The Hall–Kier alpha value is -1.55. The van der Waals surface area contributed by atoms with Crippen LogP contribution in [0, 0.1) is 5.92 Å². The molecule has 0 bridgehead atoms. The van der Waals surface area contributed by atoms with Crippen molar-refractivity contribution in [3.05, 3.63) is 29.3 Å². The fourth-order valence-electron chi connectivity index (χ4n) is 3.64. The number of amides is 1. The zero-order valence-corrected chi connectivity index (χ0v) is 12.7. The topological polar surface area (TPSA) is 67.2 Å². The fourth-order valence-corrected chi connectivity index (χ4v) is 3.64. The number of fused-ring (bicyclic) bond motifs is 1. The van der Waals surface area contributed by atoms with Gasteiger partial charge in [0.1, 0.15) is 0 Å². The predicted molar refractivity (Wildman–Crippen MR) is 84.9 cm³/mol. The lowest BCUT2D eigenvalue weighted by atomic mass is 9.86. The number of nitrogens with two attached hydrogens (primary N) is 1. The summed E-state index contributed by atoms with van der Waals surface area (Å²) in [5.41, 5.74) is 9.23. The molecule has 1 aromatic rings. The Morgan fingerprint density at radius 1 is 1.38 bits per heavy atom. The molecule has 0 aromatic heterocycles. The van der Waals surface area contributed by atoms with Crippen molar-refractivity contribution in [3.8, 4) is 0 Å². The fraction of sp³-hybridized carbons (Fsp3) is 0.588. The summed E-state index contributed by atoms with van der Waals surface area (Å²) >= 11 is 0. The molecule has 3 rings (SSSR count). The molecule has 1 aliphatic carbocycles. The third kappa shape index (κ3) is 3.21. The maximum absolute atomic E-state index is 12.5. The lowest BCUT2D eigenvalue weighted by Gasteiger charge is -2.31.